The summed E-state index contributed by atoms with van der Waals surface area (Å²) in [6.45, 7) is 3.26. The lowest BCUT2D eigenvalue weighted by molar-refractivity contribution is -0.116. The Hall–Kier alpha value is -1.99. The molecule has 0 fully saturated rings. The van der Waals surface area contributed by atoms with Gasteiger partial charge >= 0.3 is 0 Å². The van der Waals surface area contributed by atoms with Crippen LogP contribution >= 0.6 is 11.3 Å². The monoisotopic (exact) mass is 348 g/mol. The first-order chi connectivity index (χ1) is 11.7. The molecule has 0 unspecified atom stereocenters. The zero-order chi connectivity index (χ0) is 17.2. The molecule has 1 heterocycles. The topological polar surface area (TPSA) is 90.1 Å². The predicted octanol–water partition coefficient (Wildman–Crippen LogP) is 2.79. The number of nitrogens with one attached hydrogen (secondary N) is 1. The number of nitrogens with zero attached hydrogens (tertiary/aromatic N) is 2. The number of ether oxygens (including phenoxy) is 1. The molecule has 0 aliphatic carbocycles. The molecule has 0 saturated heterocycles. The summed E-state index contributed by atoms with van der Waals surface area (Å²) >= 11 is 1.41. The highest BCUT2D eigenvalue weighted by Gasteiger charge is 2.08. The summed E-state index contributed by atoms with van der Waals surface area (Å²) in [6.07, 6.45) is 3.68. The van der Waals surface area contributed by atoms with Crippen molar-refractivity contribution in [2.24, 2.45) is 5.73 Å². The quantitative estimate of drug-likeness (QED) is 0.644. The van der Waals surface area contributed by atoms with E-state index in [1.54, 1.807) is 0 Å². The number of nitrogens with two attached hydrogens (primary N) is 1. The molecule has 0 bridgehead atoms. The summed E-state index contributed by atoms with van der Waals surface area (Å²) in [5.41, 5.74) is 6.60. The Morgan fingerprint density at radius 3 is 2.92 bits per heavy atom. The first-order valence-corrected chi connectivity index (χ1v) is 9.07. The number of hydrogen-bond acceptors (Lipinski definition) is 6. The van der Waals surface area contributed by atoms with Crippen molar-refractivity contribution in [2.45, 2.75) is 39.0 Å². The number of para-hydroxylation sites is 1. The smallest absolute Gasteiger partial charge is 0.226 e. The minimum absolute atomic E-state index is 0.0670. The summed E-state index contributed by atoms with van der Waals surface area (Å²) in [4.78, 5) is 11.6. The molecule has 2 rings (SSSR count). The summed E-state index contributed by atoms with van der Waals surface area (Å²) < 4.78 is 5.84. The summed E-state index contributed by atoms with van der Waals surface area (Å²) in [7, 11) is 0. The van der Waals surface area contributed by atoms with Gasteiger partial charge in [0.15, 0.2) is 0 Å². The molecule has 0 atom stereocenters. The zero-order valence-electron chi connectivity index (χ0n) is 14.0. The molecule has 0 aliphatic rings. The van der Waals surface area contributed by atoms with Crippen LogP contribution in [0, 0.1) is 0 Å². The van der Waals surface area contributed by atoms with Gasteiger partial charge < -0.3 is 15.8 Å². The number of anilines is 1. The van der Waals surface area contributed by atoms with Crippen LogP contribution in [-0.4, -0.2) is 29.3 Å². The third-order valence-electron chi connectivity index (χ3n) is 3.47. The number of carbonyl (C=O) groups excluding carboxylic acids is 1. The fourth-order valence-corrected chi connectivity index (χ4v) is 2.99. The van der Waals surface area contributed by atoms with Gasteiger partial charge in [-0.3, -0.25) is 4.79 Å². The minimum atomic E-state index is -0.0670. The summed E-state index contributed by atoms with van der Waals surface area (Å²) in [5, 5.41) is 12.3. The van der Waals surface area contributed by atoms with Crippen molar-refractivity contribution in [1.82, 2.24) is 10.2 Å². The molecule has 0 saturated carbocycles. The van der Waals surface area contributed by atoms with Crippen LogP contribution in [-0.2, 0) is 17.6 Å². The van der Waals surface area contributed by atoms with Crippen LogP contribution in [0.2, 0.25) is 0 Å². The van der Waals surface area contributed by atoms with Gasteiger partial charge in [-0.2, -0.15) is 0 Å². The second-order valence-electron chi connectivity index (χ2n) is 5.35. The molecule has 1 amide bonds. The zero-order valence-corrected chi connectivity index (χ0v) is 14.8. The van der Waals surface area contributed by atoms with Crippen molar-refractivity contribution >= 4 is 22.4 Å². The van der Waals surface area contributed by atoms with E-state index in [1.165, 1.54) is 16.9 Å². The average Bonchev–Trinajstić information content (AvgIpc) is 3.04. The molecule has 1 aromatic heterocycles. The Kier molecular flexibility index (Phi) is 7.64. The number of carbonyl (C=O) groups is 1. The van der Waals surface area contributed by atoms with Gasteiger partial charge in [-0.1, -0.05) is 36.5 Å². The maximum atomic E-state index is 11.6. The molecule has 24 heavy (non-hydrogen) atoms. The summed E-state index contributed by atoms with van der Waals surface area (Å²) in [5.74, 6) is 0.882. The van der Waals surface area contributed by atoms with E-state index in [9.17, 15) is 4.79 Å². The Morgan fingerprint density at radius 1 is 1.29 bits per heavy atom. The number of aromatic nitrogens is 2. The van der Waals surface area contributed by atoms with E-state index < -0.39 is 0 Å². The van der Waals surface area contributed by atoms with Crippen LogP contribution < -0.4 is 15.8 Å². The second kappa shape index (κ2) is 10.00. The number of rotatable bonds is 10. The van der Waals surface area contributed by atoms with Crippen LogP contribution in [0.4, 0.5) is 5.13 Å². The van der Waals surface area contributed by atoms with Crippen LogP contribution in [0.15, 0.2) is 24.3 Å². The Morgan fingerprint density at radius 2 is 2.12 bits per heavy atom. The molecule has 130 valence electrons. The number of aryl methyl sites for hydroxylation is 2. The van der Waals surface area contributed by atoms with E-state index in [2.05, 4.69) is 28.5 Å². The molecule has 1 aromatic carbocycles. The number of benzene rings is 1. The van der Waals surface area contributed by atoms with E-state index in [4.69, 9.17) is 10.5 Å². The van der Waals surface area contributed by atoms with Gasteiger partial charge in [-0.05, 0) is 37.4 Å². The minimum Gasteiger partial charge on any atom is -0.493 e. The van der Waals surface area contributed by atoms with Gasteiger partial charge in [0.25, 0.3) is 0 Å². The lowest BCUT2D eigenvalue weighted by Gasteiger charge is -2.09. The highest BCUT2D eigenvalue weighted by molar-refractivity contribution is 7.15. The van der Waals surface area contributed by atoms with Crippen molar-refractivity contribution in [3.05, 3.63) is 34.8 Å². The van der Waals surface area contributed by atoms with Crippen molar-refractivity contribution in [2.75, 3.05) is 18.5 Å². The maximum absolute atomic E-state index is 11.6. The van der Waals surface area contributed by atoms with Crippen LogP contribution in [0.5, 0.6) is 5.75 Å². The lowest BCUT2D eigenvalue weighted by Crippen LogP contribution is -2.13. The molecule has 2 aromatic rings. The van der Waals surface area contributed by atoms with Gasteiger partial charge in [0, 0.05) is 12.8 Å². The van der Waals surface area contributed by atoms with E-state index in [-0.39, 0.29) is 5.91 Å². The van der Waals surface area contributed by atoms with Crippen molar-refractivity contribution in [1.29, 1.82) is 0 Å². The molecule has 3 N–H and O–H groups in total. The molecule has 6 nitrogen and oxygen atoms in total. The first kappa shape index (κ1) is 18.4. The molecule has 0 radical (unpaired) electrons. The maximum Gasteiger partial charge on any atom is 0.226 e. The highest BCUT2D eigenvalue weighted by atomic mass is 32.1. The third kappa shape index (κ3) is 5.90. The van der Waals surface area contributed by atoms with Crippen molar-refractivity contribution < 1.29 is 9.53 Å². The van der Waals surface area contributed by atoms with Gasteiger partial charge in [-0.25, -0.2) is 0 Å². The normalized spacial score (nSPS) is 10.6. The van der Waals surface area contributed by atoms with E-state index >= 15 is 0 Å². The number of hydrogen-bond donors (Lipinski definition) is 2. The van der Waals surface area contributed by atoms with E-state index in [0.717, 1.165) is 30.0 Å². The van der Waals surface area contributed by atoms with Crippen molar-refractivity contribution in [3.63, 3.8) is 0 Å². The predicted molar refractivity (Wildman–Crippen MR) is 96.5 cm³/mol. The third-order valence-corrected chi connectivity index (χ3v) is 4.37. The average molecular weight is 348 g/mol. The Balaban J connectivity index is 1.72. The second-order valence-corrected chi connectivity index (χ2v) is 6.42. The molecule has 0 spiro atoms. The Bertz CT molecular complexity index is 645. The number of amides is 1. The van der Waals surface area contributed by atoms with Crippen molar-refractivity contribution in [3.8, 4) is 5.75 Å². The first-order valence-electron chi connectivity index (χ1n) is 8.26. The molecular formula is C17H24N4O2S. The SMILES string of the molecule is CCc1ccccc1OCCCc1nnc(NC(=O)CCCN)s1. The molecular weight excluding hydrogens is 324 g/mol. The largest absolute Gasteiger partial charge is 0.493 e. The van der Waals surface area contributed by atoms with Gasteiger partial charge in [0.05, 0.1) is 6.61 Å². The van der Waals surface area contributed by atoms with Gasteiger partial charge in [0.1, 0.15) is 10.8 Å². The van der Waals surface area contributed by atoms with Gasteiger partial charge in [-0.15, -0.1) is 10.2 Å². The fraction of sp³-hybridized carbons (Fsp3) is 0.471. The summed E-state index contributed by atoms with van der Waals surface area (Å²) in [6, 6.07) is 8.09. The van der Waals surface area contributed by atoms with Crippen LogP contribution in [0.25, 0.3) is 0 Å². The van der Waals surface area contributed by atoms with Crippen LogP contribution in [0.1, 0.15) is 36.8 Å². The highest BCUT2D eigenvalue weighted by Crippen LogP contribution is 2.20. The standard InChI is InChI=1S/C17H24N4O2S/c1-2-13-7-3-4-8-14(13)23-12-6-10-16-20-21-17(24-16)19-15(22)9-5-11-18/h3-4,7-8H,2,5-6,9-12,18H2,1H3,(H,19,21,22). The van der Waals surface area contributed by atoms with E-state index in [1.807, 2.05) is 18.2 Å². The molecule has 0 aliphatic heterocycles. The van der Waals surface area contributed by atoms with E-state index in [0.29, 0.717) is 31.1 Å². The van der Waals surface area contributed by atoms with Gasteiger partial charge in [0.2, 0.25) is 11.0 Å². The fourth-order valence-electron chi connectivity index (χ4n) is 2.19. The Labute approximate surface area is 146 Å². The lowest BCUT2D eigenvalue weighted by atomic mass is 10.1. The van der Waals surface area contributed by atoms with Crippen LogP contribution in [0.3, 0.4) is 0 Å². The molecule has 7 heteroatoms.